The average molecular weight is 253 g/mol. The van der Waals surface area contributed by atoms with Crippen LogP contribution >= 0.6 is 11.6 Å². The van der Waals surface area contributed by atoms with Crippen LogP contribution in [-0.2, 0) is 6.61 Å². The summed E-state index contributed by atoms with van der Waals surface area (Å²) in [7, 11) is 0. The topological polar surface area (TPSA) is 65.2 Å². The quantitative estimate of drug-likeness (QED) is 0.782. The molecule has 0 saturated heterocycles. The lowest BCUT2D eigenvalue weighted by Crippen LogP contribution is -1.99. The summed E-state index contributed by atoms with van der Waals surface area (Å²) in [6.45, 7) is 1.79. The van der Waals surface area contributed by atoms with Crippen LogP contribution in [0.1, 0.15) is 22.1 Å². The third-order valence-electron chi connectivity index (χ3n) is 2.05. The molecule has 0 aliphatic carbocycles. The van der Waals surface area contributed by atoms with Crippen LogP contribution in [0.5, 0.6) is 5.75 Å². The number of hydrogen-bond donors (Lipinski definition) is 0. The summed E-state index contributed by atoms with van der Waals surface area (Å²) in [4.78, 5) is 10.8. The molecular formula is C11H9ClN2O3. The molecule has 2 rings (SSSR count). The number of rotatable bonds is 4. The molecule has 0 fully saturated rings. The second-order valence-corrected chi connectivity index (χ2v) is 3.68. The monoisotopic (exact) mass is 252 g/mol. The maximum Gasteiger partial charge on any atom is 0.253 e. The van der Waals surface area contributed by atoms with Gasteiger partial charge in [0.25, 0.3) is 5.89 Å². The van der Waals surface area contributed by atoms with Crippen molar-refractivity contribution in [1.82, 2.24) is 10.2 Å². The van der Waals surface area contributed by atoms with Gasteiger partial charge >= 0.3 is 0 Å². The molecule has 0 aliphatic rings. The van der Waals surface area contributed by atoms with Crippen LogP contribution < -0.4 is 4.74 Å². The summed E-state index contributed by atoms with van der Waals surface area (Å²) in [6.07, 6.45) is 0.650. The SMILES string of the molecule is Cc1nnc(COc2cccc(Cl)c2C=O)o1. The van der Waals surface area contributed by atoms with E-state index in [-0.39, 0.29) is 6.61 Å². The molecular weight excluding hydrogens is 244 g/mol. The fourth-order valence-electron chi connectivity index (χ4n) is 1.29. The Kier molecular flexibility index (Phi) is 3.39. The molecule has 0 amide bonds. The molecule has 0 unspecified atom stereocenters. The summed E-state index contributed by atoms with van der Waals surface area (Å²) in [6, 6.07) is 4.97. The number of ether oxygens (including phenoxy) is 1. The van der Waals surface area contributed by atoms with Crippen LogP contribution in [0.3, 0.4) is 0 Å². The Balaban J connectivity index is 2.14. The van der Waals surface area contributed by atoms with E-state index in [4.69, 9.17) is 20.8 Å². The van der Waals surface area contributed by atoms with Crippen LogP contribution in [0.2, 0.25) is 5.02 Å². The van der Waals surface area contributed by atoms with E-state index in [2.05, 4.69) is 10.2 Å². The van der Waals surface area contributed by atoms with Gasteiger partial charge in [0.05, 0.1) is 10.6 Å². The predicted molar refractivity (Wildman–Crippen MR) is 60.2 cm³/mol. The molecule has 1 aromatic carbocycles. The van der Waals surface area contributed by atoms with Gasteiger partial charge in [0.2, 0.25) is 5.89 Å². The zero-order valence-electron chi connectivity index (χ0n) is 9.01. The Hall–Kier alpha value is -1.88. The molecule has 17 heavy (non-hydrogen) atoms. The molecule has 0 bridgehead atoms. The standard InChI is InChI=1S/C11H9ClN2O3/c1-7-13-14-11(17-7)6-16-10-4-2-3-9(12)8(10)5-15/h2-5H,6H2,1H3. The number of aryl methyl sites for hydroxylation is 1. The molecule has 1 heterocycles. The van der Waals surface area contributed by atoms with Crippen molar-refractivity contribution in [2.75, 3.05) is 0 Å². The highest BCUT2D eigenvalue weighted by molar-refractivity contribution is 6.33. The minimum absolute atomic E-state index is 0.0992. The predicted octanol–water partition coefficient (Wildman–Crippen LogP) is 2.42. The van der Waals surface area contributed by atoms with E-state index in [0.717, 1.165) is 0 Å². The first-order valence-electron chi connectivity index (χ1n) is 4.86. The van der Waals surface area contributed by atoms with Crippen LogP contribution in [0.4, 0.5) is 0 Å². The molecule has 5 nitrogen and oxygen atoms in total. The Morgan fingerprint density at radius 2 is 2.29 bits per heavy atom. The van der Waals surface area contributed by atoms with Crippen LogP contribution in [0.25, 0.3) is 0 Å². The zero-order chi connectivity index (χ0) is 12.3. The molecule has 1 aromatic heterocycles. The molecule has 2 aromatic rings. The minimum Gasteiger partial charge on any atom is -0.483 e. The van der Waals surface area contributed by atoms with Crippen molar-refractivity contribution in [3.8, 4) is 5.75 Å². The van der Waals surface area contributed by atoms with Gasteiger partial charge < -0.3 is 9.15 Å². The number of carbonyl (C=O) groups excluding carboxylic acids is 1. The lowest BCUT2D eigenvalue weighted by atomic mass is 10.2. The molecule has 0 N–H and O–H groups in total. The fourth-order valence-corrected chi connectivity index (χ4v) is 1.50. The van der Waals surface area contributed by atoms with Crippen LogP contribution in [0, 0.1) is 6.92 Å². The smallest absolute Gasteiger partial charge is 0.253 e. The molecule has 0 atom stereocenters. The Labute approximate surface area is 102 Å². The average Bonchev–Trinajstić information content (AvgIpc) is 2.72. The lowest BCUT2D eigenvalue weighted by molar-refractivity contribution is 0.111. The van der Waals surface area contributed by atoms with Crippen molar-refractivity contribution in [3.05, 3.63) is 40.6 Å². The molecule has 0 saturated carbocycles. The highest BCUT2D eigenvalue weighted by Crippen LogP contribution is 2.25. The number of carbonyl (C=O) groups is 1. The maximum atomic E-state index is 10.8. The van der Waals surface area contributed by atoms with Gasteiger partial charge in [-0.2, -0.15) is 0 Å². The van der Waals surface area contributed by atoms with Crippen molar-refractivity contribution in [3.63, 3.8) is 0 Å². The third kappa shape index (κ3) is 2.62. The second-order valence-electron chi connectivity index (χ2n) is 3.27. The largest absolute Gasteiger partial charge is 0.483 e. The minimum atomic E-state index is 0.0992. The van der Waals surface area contributed by atoms with Crippen molar-refractivity contribution in [1.29, 1.82) is 0 Å². The number of hydrogen-bond acceptors (Lipinski definition) is 5. The number of aldehydes is 1. The lowest BCUT2D eigenvalue weighted by Gasteiger charge is -2.06. The van der Waals surface area contributed by atoms with Gasteiger partial charge in [-0.05, 0) is 12.1 Å². The summed E-state index contributed by atoms with van der Waals surface area (Å²) >= 11 is 5.85. The van der Waals surface area contributed by atoms with Gasteiger partial charge in [-0.25, -0.2) is 0 Å². The summed E-state index contributed by atoms with van der Waals surface area (Å²) in [5, 5.41) is 7.79. The molecule has 6 heteroatoms. The van der Waals surface area contributed by atoms with Crippen molar-refractivity contribution in [2.24, 2.45) is 0 Å². The van der Waals surface area contributed by atoms with E-state index in [1.54, 1.807) is 25.1 Å². The Morgan fingerprint density at radius 1 is 1.47 bits per heavy atom. The van der Waals surface area contributed by atoms with Gasteiger partial charge in [0.1, 0.15) is 5.75 Å². The summed E-state index contributed by atoms with van der Waals surface area (Å²) in [5.41, 5.74) is 0.311. The molecule has 88 valence electrons. The fraction of sp³-hybridized carbons (Fsp3) is 0.182. The van der Waals surface area contributed by atoms with E-state index in [1.807, 2.05) is 0 Å². The summed E-state index contributed by atoms with van der Waals surface area (Å²) in [5.74, 6) is 1.20. The van der Waals surface area contributed by atoms with E-state index >= 15 is 0 Å². The summed E-state index contributed by atoms with van der Waals surface area (Å²) < 4.78 is 10.5. The first-order chi connectivity index (χ1) is 8.20. The maximum absolute atomic E-state index is 10.8. The van der Waals surface area contributed by atoms with Gasteiger partial charge in [0, 0.05) is 6.92 Å². The van der Waals surface area contributed by atoms with Crippen LogP contribution in [-0.4, -0.2) is 16.5 Å². The normalized spacial score (nSPS) is 10.2. The van der Waals surface area contributed by atoms with Crippen molar-refractivity contribution >= 4 is 17.9 Å². The van der Waals surface area contributed by atoms with Gasteiger partial charge in [-0.15, -0.1) is 10.2 Å². The highest BCUT2D eigenvalue weighted by Gasteiger charge is 2.09. The Morgan fingerprint density at radius 3 is 2.94 bits per heavy atom. The van der Waals surface area contributed by atoms with E-state index < -0.39 is 0 Å². The first-order valence-corrected chi connectivity index (χ1v) is 5.24. The second kappa shape index (κ2) is 4.97. The number of aromatic nitrogens is 2. The van der Waals surface area contributed by atoms with E-state index in [1.165, 1.54) is 0 Å². The Bertz CT molecular complexity index is 539. The van der Waals surface area contributed by atoms with Gasteiger partial charge in [0.15, 0.2) is 12.9 Å². The van der Waals surface area contributed by atoms with Gasteiger partial charge in [-0.3, -0.25) is 4.79 Å². The van der Waals surface area contributed by atoms with Crippen molar-refractivity contribution in [2.45, 2.75) is 13.5 Å². The molecule has 0 radical (unpaired) electrons. The molecule has 0 aliphatic heterocycles. The first kappa shape index (κ1) is 11.6. The van der Waals surface area contributed by atoms with E-state index in [0.29, 0.717) is 34.4 Å². The number of benzene rings is 1. The number of nitrogens with zero attached hydrogens (tertiary/aromatic N) is 2. The van der Waals surface area contributed by atoms with Crippen molar-refractivity contribution < 1.29 is 13.9 Å². The third-order valence-corrected chi connectivity index (χ3v) is 2.38. The van der Waals surface area contributed by atoms with Gasteiger partial charge in [-0.1, -0.05) is 17.7 Å². The number of halogens is 1. The van der Waals surface area contributed by atoms with Crippen LogP contribution in [0.15, 0.2) is 22.6 Å². The zero-order valence-corrected chi connectivity index (χ0v) is 9.77. The van der Waals surface area contributed by atoms with E-state index in [9.17, 15) is 4.79 Å². The molecule has 0 spiro atoms. The highest BCUT2D eigenvalue weighted by atomic mass is 35.5.